The highest BCUT2D eigenvalue weighted by Gasteiger charge is 2.22. The summed E-state index contributed by atoms with van der Waals surface area (Å²) in [6.45, 7) is 2.80. The van der Waals surface area contributed by atoms with E-state index >= 15 is 0 Å². The normalized spacial score (nSPS) is 15.6. The zero-order chi connectivity index (χ0) is 11.1. The van der Waals surface area contributed by atoms with Crippen molar-refractivity contribution in [2.45, 2.75) is 19.8 Å². The molecule has 2 N–H and O–H groups in total. The number of fused-ring (bicyclic) bond motifs is 1. The van der Waals surface area contributed by atoms with E-state index in [9.17, 15) is 0 Å². The highest BCUT2D eigenvalue weighted by molar-refractivity contribution is 7.18. The van der Waals surface area contributed by atoms with Crippen molar-refractivity contribution >= 4 is 27.2 Å². The number of ether oxygens (including phenoxy) is 1. The highest BCUT2D eigenvalue weighted by atomic mass is 32.1. The van der Waals surface area contributed by atoms with Crippen molar-refractivity contribution in [2.75, 3.05) is 12.3 Å². The molecule has 3 rings (SSSR count). The van der Waals surface area contributed by atoms with E-state index in [-0.39, 0.29) is 0 Å². The molecule has 0 bridgehead atoms. The number of hydrogen-bond donors (Lipinski definition) is 1. The van der Waals surface area contributed by atoms with Crippen LogP contribution in [0.2, 0.25) is 0 Å². The molecular formula is C12H14N2OS. The van der Waals surface area contributed by atoms with Crippen LogP contribution in [0, 0.1) is 12.8 Å². The van der Waals surface area contributed by atoms with Crippen LogP contribution in [0.1, 0.15) is 17.8 Å². The first-order valence-electron chi connectivity index (χ1n) is 5.52. The first kappa shape index (κ1) is 9.90. The van der Waals surface area contributed by atoms with E-state index in [1.165, 1.54) is 12.8 Å². The molecule has 1 aliphatic rings. The van der Waals surface area contributed by atoms with Crippen LogP contribution in [-0.4, -0.2) is 11.6 Å². The van der Waals surface area contributed by atoms with Crippen LogP contribution >= 0.6 is 11.3 Å². The van der Waals surface area contributed by atoms with Gasteiger partial charge in [-0.15, -0.1) is 11.3 Å². The van der Waals surface area contributed by atoms with Crippen LogP contribution in [-0.2, 0) is 0 Å². The monoisotopic (exact) mass is 234 g/mol. The van der Waals surface area contributed by atoms with Gasteiger partial charge in [-0.2, -0.15) is 0 Å². The quantitative estimate of drug-likeness (QED) is 0.830. The summed E-state index contributed by atoms with van der Waals surface area (Å²) in [5.41, 5.74) is 7.66. The van der Waals surface area contributed by atoms with E-state index in [1.54, 1.807) is 11.3 Å². The molecule has 4 heteroatoms. The highest BCUT2D eigenvalue weighted by Crippen LogP contribution is 2.34. The van der Waals surface area contributed by atoms with Gasteiger partial charge in [0, 0.05) is 6.07 Å². The molecule has 1 saturated carbocycles. The van der Waals surface area contributed by atoms with Crippen LogP contribution in [0.25, 0.3) is 10.2 Å². The molecule has 1 aromatic heterocycles. The summed E-state index contributed by atoms with van der Waals surface area (Å²) in [5, 5.41) is 1.06. The number of nitrogens with two attached hydrogens (primary N) is 1. The Kier molecular flexibility index (Phi) is 2.24. The van der Waals surface area contributed by atoms with E-state index in [4.69, 9.17) is 10.5 Å². The number of hydrogen-bond acceptors (Lipinski definition) is 4. The van der Waals surface area contributed by atoms with E-state index in [2.05, 4.69) is 4.98 Å². The first-order chi connectivity index (χ1) is 7.72. The van der Waals surface area contributed by atoms with E-state index in [0.717, 1.165) is 39.2 Å². The molecule has 0 radical (unpaired) electrons. The van der Waals surface area contributed by atoms with E-state index in [1.807, 2.05) is 19.1 Å². The SMILES string of the molecule is Cc1nc2cc(OCC3CC3)c(N)cc2s1. The van der Waals surface area contributed by atoms with Crippen LogP contribution in [0.4, 0.5) is 5.69 Å². The van der Waals surface area contributed by atoms with Crippen LogP contribution in [0.5, 0.6) is 5.75 Å². The van der Waals surface area contributed by atoms with Crippen molar-refractivity contribution in [3.8, 4) is 5.75 Å². The van der Waals surface area contributed by atoms with Crippen molar-refractivity contribution in [1.82, 2.24) is 4.98 Å². The minimum absolute atomic E-state index is 0.719. The maximum Gasteiger partial charge on any atom is 0.144 e. The lowest BCUT2D eigenvalue weighted by Crippen LogP contribution is -2.01. The Morgan fingerprint density at radius 1 is 1.50 bits per heavy atom. The topological polar surface area (TPSA) is 48.1 Å². The molecule has 1 aliphatic carbocycles. The number of rotatable bonds is 3. The fraction of sp³-hybridized carbons (Fsp3) is 0.417. The number of nitrogen functional groups attached to an aromatic ring is 1. The Balaban J connectivity index is 1.92. The molecule has 2 aromatic rings. The summed E-state index contributed by atoms with van der Waals surface area (Å²) in [7, 11) is 0. The predicted molar refractivity (Wildman–Crippen MR) is 67.0 cm³/mol. The lowest BCUT2D eigenvalue weighted by atomic mass is 10.3. The molecule has 1 heterocycles. The van der Waals surface area contributed by atoms with Gasteiger partial charge in [-0.25, -0.2) is 4.98 Å². The molecule has 84 valence electrons. The zero-order valence-corrected chi connectivity index (χ0v) is 10.0. The second-order valence-corrected chi connectivity index (χ2v) is 5.58. The van der Waals surface area contributed by atoms with Crippen molar-refractivity contribution in [3.63, 3.8) is 0 Å². The summed E-state index contributed by atoms with van der Waals surface area (Å²) in [6.07, 6.45) is 2.58. The van der Waals surface area contributed by atoms with E-state index < -0.39 is 0 Å². The summed E-state index contributed by atoms with van der Waals surface area (Å²) in [5.74, 6) is 1.52. The molecule has 1 aromatic carbocycles. The predicted octanol–water partition coefficient (Wildman–Crippen LogP) is 2.98. The Morgan fingerprint density at radius 3 is 3.06 bits per heavy atom. The molecule has 0 aliphatic heterocycles. The van der Waals surface area contributed by atoms with Gasteiger partial charge in [0.1, 0.15) is 5.75 Å². The Hall–Kier alpha value is -1.29. The number of benzene rings is 1. The van der Waals surface area contributed by atoms with Gasteiger partial charge in [-0.05, 0) is 31.7 Å². The third-order valence-corrected chi connectivity index (χ3v) is 3.73. The second-order valence-electron chi connectivity index (χ2n) is 4.35. The van der Waals surface area contributed by atoms with E-state index in [0.29, 0.717) is 0 Å². The molecule has 0 unspecified atom stereocenters. The van der Waals surface area contributed by atoms with Crippen LogP contribution in [0.15, 0.2) is 12.1 Å². The number of anilines is 1. The number of aromatic nitrogens is 1. The van der Waals surface area contributed by atoms with Crippen LogP contribution < -0.4 is 10.5 Å². The maximum atomic E-state index is 5.96. The van der Waals surface area contributed by atoms with Gasteiger partial charge in [0.05, 0.1) is 27.5 Å². The summed E-state index contributed by atoms with van der Waals surface area (Å²) in [4.78, 5) is 4.44. The largest absolute Gasteiger partial charge is 0.491 e. The minimum atomic E-state index is 0.719. The minimum Gasteiger partial charge on any atom is -0.491 e. The lowest BCUT2D eigenvalue weighted by molar-refractivity contribution is 0.301. The third kappa shape index (κ3) is 1.85. The third-order valence-electron chi connectivity index (χ3n) is 2.80. The Morgan fingerprint density at radius 2 is 2.31 bits per heavy atom. The molecule has 0 spiro atoms. The van der Waals surface area contributed by atoms with Crippen LogP contribution in [0.3, 0.4) is 0 Å². The van der Waals surface area contributed by atoms with Crippen molar-refractivity contribution in [3.05, 3.63) is 17.1 Å². The van der Waals surface area contributed by atoms with Crippen molar-refractivity contribution in [1.29, 1.82) is 0 Å². The molecule has 0 amide bonds. The van der Waals surface area contributed by atoms with Gasteiger partial charge in [-0.3, -0.25) is 0 Å². The summed E-state index contributed by atoms with van der Waals surface area (Å²) >= 11 is 1.67. The van der Waals surface area contributed by atoms with Gasteiger partial charge in [0.25, 0.3) is 0 Å². The fourth-order valence-corrected chi connectivity index (χ4v) is 2.56. The number of aryl methyl sites for hydroxylation is 1. The summed E-state index contributed by atoms with van der Waals surface area (Å²) in [6, 6.07) is 3.92. The standard InChI is InChI=1S/C12H14N2OS/c1-7-14-10-5-11(15-6-8-2-3-8)9(13)4-12(10)16-7/h4-5,8H,2-3,6,13H2,1H3. The second kappa shape index (κ2) is 3.63. The van der Waals surface area contributed by atoms with Gasteiger partial charge in [0.15, 0.2) is 0 Å². The summed E-state index contributed by atoms with van der Waals surface area (Å²) < 4.78 is 6.85. The number of nitrogens with zero attached hydrogens (tertiary/aromatic N) is 1. The van der Waals surface area contributed by atoms with Crippen molar-refractivity contribution in [2.24, 2.45) is 5.92 Å². The lowest BCUT2D eigenvalue weighted by Gasteiger charge is -2.07. The number of thiazole rings is 1. The fourth-order valence-electron chi connectivity index (χ4n) is 1.70. The molecule has 1 fully saturated rings. The molecule has 0 saturated heterocycles. The van der Waals surface area contributed by atoms with Gasteiger partial charge in [-0.1, -0.05) is 0 Å². The average Bonchev–Trinajstić information content (AvgIpc) is 2.98. The molecule has 3 nitrogen and oxygen atoms in total. The maximum absolute atomic E-state index is 5.96. The molecular weight excluding hydrogens is 220 g/mol. The van der Waals surface area contributed by atoms with Gasteiger partial charge < -0.3 is 10.5 Å². The molecule has 16 heavy (non-hydrogen) atoms. The van der Waals surface area contributed by atoms with Gasteiger partial charge >= 0.3 is 0 Å². The Bertz CT molecular complexity index is 531. The zero-order valence-electron chi connectivity index (χ0n) is 9.19. The Labute approximate surface area is 98.2 Å². The van der Waals surface area contributed by atoms with Gasteiger partial charge in [0.2, 0.25) is 0 Å². The first-order valence-corrected chi connectivity index (χ1v) is 6.33. The average molecular weight is 234 g/mol. The van der Waals surface area contributed by atoms with Crippen molar-refractivity contribution < 1.29 is 4.74 Å². The molecule has 0 atom stereocenters. The smallest absolute Gasteiger partial charge is 0.144 e.